The number of rotatable bonds is 6. The molecule has 1 amide bonds. The predicted octanol–water partition coefficient (Wildman–Crippen LogP) is 3.97. The summed E-state index contributed by atoms with van der Waals surface area (Å²) < 4.78 is 59.0. The minimum atomic E-state index is -1.77. The topological polar surface area (TPSA) is 94.9 Å². The van der Waals surface area contributed by atoms with Crippen LogP contribution in [0.1, 0.15) is 28.7 Å². The molecule has 36 heavy (non-hydrogen) atoms. The summed E-state index contributed by atoms with van der Waals surface area (Å²) in [5.41, 5.74) is 2.51. The van der Waals surface area contributed by atoms with E-state index in [1.807, 2.05) is 18.5 Å². The van der Waals surface area contributed by atoms with Gasteiger partial charge in [-0.2, -0.15) is 15.3 Å². The summed E-state index contributed by atoms with van der Waals surface area (Å²) in [5, 5.41) is 15.2. The third-order valence-electron chi connectivity index (χ3n) is 5.69. The van der Waals surface area contributed by atoms with Crippen LogP contribution in [-0.2, 0) is 13.1 Å². The average molecular weight is 498 g/mol. The fourth-order valence-corrected chi connectivity index (χ4v) is 3.85. The first kappa shape index (κ1) is 23.2. The highest BCUT2D eigenvalue weighted by Crippen LogP contribution is 2.24. The highest BCUT2D eigenvalue weighted by Gasteiger charge is 2.20. The molecule has 0 bridgehead atoms. The molecule has 0 saturated heterocycles. The summed E-state index contributed by atoms with van der Waals surface area (Å²) in [5.74, 6) is -6.86. The van der Waals surface area contributed by atoms with Gasteiger partial charge in [-0.05, 0) is 19.9 Å². The van der Waals surface area contributed by atoms with Crippen molar-refractivity contribution in [2.45, 2.75) is 26.9 Å². The van der Waals surface area contributed by atoms with Crippen LogP contribution in [0.25, 0.3) is 16.9 Å². The first-order chi connectivity index (χ1) is 17.3. The van der Waals surface area contributed by atoms with Gasteiger partial charge < -0.3 is 5.32 Å². The third-order valence-corrected chi connectivity index (χ3v) is 5.69. The number of carbonyl (C=O) groups excluding carboxylic acids is 1. The molecule has 1 N–H and O–H groups in total. The molecule has 0 unspecified atom stereocenters. The zero-order valence-corrected chi connectivity index (χ0v) is 19.0. The third kappa shape index (κ3) is 3.97. The van der Waals surface area contributed by atoms with E-state index in [1.54, 1.807) is 18.5 Å². The van der Waals surface area contributed by atoms with Crippen molar-refractivity contribution >= 4 is 17.2 Å². The molecule has 9 nitrogen and oxygen atoms in total. The SMILES string of the molecule is CCn1ncc(-c2ccnc3cc(C(=O)Nc4cnn(Cc5c(F)cc(F)c(F)c5F)c4)nn23)c1C. The molecule has 0 spiro atoms. The number of halogens is 4. The van der Waals surface area contributed by atoms with E-state index in [9.17, 15) is 22.4 Å². The van der Waals surface area contributed by atoms with Crippen molar-refractivity contribution in [3.63, 3.8) is 0 Å². The monoisotopic (exact) mass is 498 g/mol. The number of aryl methyl sites for hydroxylation is 1. The van der Waals surface area contributed by atoms with E-state index in [4.69, 9.17) is 0 Å². The molecule has 5 aromatic rings. The zero-order chi connectivity index (χ0) is 25.6. The first-order valence-electron chi connectivity index (χ1n) is 10.8. The van der Waals surface area contributed by atoms with Gasteiger partial charge in [0.05, 0.1) is 30.3 Å². The number of hydrogen-bond donors (Lipinski definition) is 1. The Bertz CT molecular complexity index is 1620. The number of nitrogens with zero attached hydrogens (tertiary/aromatic N) is 7. The van der Waals surface area contributed by atoms with Crippen molar-refractivity contribution in [2.75, 3.05) is 5.32 Å². The van der Waals surface area contributed by atoms with E-state index < -0.39 is 41.3 Å². The first-order valence-corrected chi connectivity index (χ1v) is 10.8. The molecule has 4 heterocycles. The lowest BCUT2D eigenvalue weighted by Crippen LogP contribution is -2.12. The van der Waals surface area contributed by atoms with E-state index in [-0.39, 0.29) is 17.4 Å². The van der Waals surface area contributed by atoms with Crippen LogP contribution in [0.2, 0.25) is 0 Å². The summed E-state index contributed by atoms with van der Waals surface area (Å²) in [6.07, 6.45) is 5.87. The Morgan fingerprint density at radius 2 is 1.86 bits per heavy atom. The fraction of sp³-hybridized carbons (Fsp3) is 0.174. The van der Waals surface area contributed by atoms with Gasteiger partial charge in [-0.1, -0.05) is 0 Å². The summed E-state index contributed by atoms with van der Waals surface area (Å²) in [7, 11) is 0. The van der Waals surface area contributed by atoms with Gasteiger partial charge in [0.15, 0.2) is 28.8 Å². The lowest BCUT2D eigenvalue weighted by Gasteiger charge is -2.06. The van der Waals surface area contributed by atoms with Crippen molar-refractivity contribution in [2.24, 2.45) is 0 Å². The Kier molecular flexibility index (Phi) is 5.74. The van der Waals surface area contributed by atoms with Crippen LogP contribution >= 0.6 is 0 Å². The molecule has 5 rings (SSSR count). The minimum Gasteiger partial charge on any atom is -0.318 e. The summed E-state index contributed by atoms with van der Waals surface area (Å²) in [6, 6.07) is 3.54. The predicted molar refractivity (Wildman–Crippen MR) is 120 cm³/mol. The fourth-order valence-electron chi connectivity index (χ4n) is 3.85. The molecule has 13 heteroatoms. The van der Waals surface area contributed by atoms with Crippen LogP contribution in [0.3, 0.4) is 0 Å². The Labute approximate surface area is 201 Å². The quantitative estimate of drug-likeness (QED) is 0.217. The molecule has 4 aromatic heterocycles. The number of hydrogen-bond acceptors (Lipinski definition) is 5. The van der Waals surface area contributed by atoms with Gasteiger partial charge in [0.1, 0.15) is 5.82 Å². The van der Waals surface area contributed by atoms with Gasteiger partial charge in [0.2, 0.25) is 0 Å². The summed E-state index contributed by atoms with van der Waals surface area (Å²) in [6.45, 7) is 4.10. The Morgan fingerprint density at radius 3 is 2.61 bits per heavy atom. The molecular formula is C23H18F4N8O. The van der Waals surface area contributed by atoms with Gasteiger partial charge in [-0.3, -0.25) is 14.2 Å². The smallest absolute Gasteiger partial charge is 0.276 e. The molecule has 0 atom stereocenters. The second-order valence-corrected chi connectivity index (χ2v) is 7.92. The molecular weight excluding hydrogens is 480 g/mol. The lowest BCUT2D eigenvalue weighted by atomic mass is 10.2. The van der Waals surface area contributed by atoms with Crippen molar-refractivity contribution in [1.29, 1.82) is 0 Å². The Hall–Kier alpha value is -4.55. The average Bonchev–Trinajstić information content (AvgIpc) is 3.58. The maximum Gasteiger partial charge on any atom is 0.276 e. The van der Waals surface area contributed by atoms with Crippen LogP contribution in [0, 0.1) is 30.2 Å². The van der Waals surface area contributed by atoms with E-state index in [0.717, 1.165) is 15.9 Å². The molecule has 0 saturated carbocycles. The Morgan fingerprint density at radius 1 is 1.06 bits per heavy atom. The largest absolute Gasteiger partial charge is 0.318 e. The number of carbonyl (C=O) groups is 1. The number of aromatic nitrogens is 7. The van der Waals surface area contributed by atoms with Crippen molar-refractivity contribution in [3.8, 4) is 11.3 Å². The normalized spacial score (nSPS) is 11.4. The Balaban J connectivity index is 1.38. The molecule has 184 valence electrons. The van der Waals surface area contributed by atoms with E-state index in [2.05, 4.69) is 25.6 Å². The van der Waals surface area contributed by atoms with Gasteiger partial charge in [0.25, 0.3) is 5.91 Å². The van der Waals surface area contributed by atoms with Crippen molar-refractivity contribution in [1.82, 2.24) is 34.2 Å². The van der Waals surface area contributed by atoms with Crippen LogP contribution in [0.4, 0.5) is 23.2 Å². The second kappa shape index (κ2) is 8.91. The molecule has 1 aromatic carbocycles. The van der Waals surface area contributed by atoms with Crippen LogP contribution in [0.5, 0.6) is 0 Å². The molecule has 0 radical (unpaired) electrons. The standard InChI is InChI=1S/C23H18F4N8O/c1-3-34-12(2)14(9-30-34)19-4-5-28-20-7-18(32-35(19)20)23(36)31-13-8-29-33(10-13)11-15-16(24)6-17(25)22(27)21(15)26/h4-10H,3,11H2,1-2H3,(H,31,36). The van der Waals surface area contributed by atoms with Gasteiger partial charge in [-0.25, -0.2) is 27.1 Å². The molecule has 0 aliphatic rings. The van der Waals surface area contributed by atoms with E-state index >= 15 is 0 Å². The number of benzene rings is 1. The summed E-state index contributed by atoms with van der Waals surface area (Å²) >= 11 is 0. The highest BCUT2D eigenvalue weighted by molar-refractivity contribution is 6.03. The summed E-state index contributed by atoms with van der Waals surface area (Å²) in [4.78, 5) is 17.1. The van der Waals surface area contributed by atoms with Crippen LogP contribution in [0.15, 0.2) is 43.0 Å². The minimum absolute atomic E-state index is 0.0703. The maximum atomic E-state index is 14.0. The van der Waals surface area contributed by atoms with Crippen LogP contribution < -0.4 is 5.32 Å². The number of anilines is 1. The molecule has 0 aliphatic heterocycles. The van der Waals surface area contributed by atoms with Crippen LogP contribution in [-0.4, -0.2) is 40.1 Å². The van der Waals surface area contributed by atoms with Crippen molar-refractivity contribution in [3.05, 3.63) is 83.2 Å². The zero-order valence-electron chi connectivity index (χ0n) is 19.0. The second-order valence-electron chi connectivity index (χ2n) is 7.92. The number of nitrogens with one attached hydrogen (secondary N) is 1. The number of amides is 1. The van der Waals surface area contributed by atoms with E-state index in [1.165, 1.54) is 23.0 Å². The van der Waals surface area contributed by atoms with Crippen molar-refractivity contribution < 1.29 is 22.4 Å². The molecule has 0 fully saturated rings. The van der Waals surface area contributed by atoms with Gasteiger partial charge in [0, 0.05) is 47.9 Å². The van der Waals surface area contributed by atoms with Gasteiger partial charge >= 0.3 is 0 Å². The maximum absolute atomic E-state index is 14.0. The number of fused-ring (bicyclic) bond motifs is 1. The van der Waals surface area contributed by atoms with E-state index in [0.29, 0.717) is 17.9 Å². The molecule has 0 aliphatic carbocycles. The van der Waals surface area contributed by atoms with Gasteiger partial charge in [-0.15, -0.1) is 0 Å². The lowest BCUT2D eigenvalue weighted by molar-refractivity contribution is 0.102. The highest BCUT2D eigenvalue weighted by atomic mass is 19.2.